The fourth-order valence-corrected chi connectivity index (χ4v) is 3.46. The third-order valence-corrected chi connectivity index (χ3v) is 5.19. The normalized spacial score (nSPS) is 11.4. The van der Waals surface area contributed by atoms with Gasteiger partial charge in [0.2, 0.25) is 0 Å². The van der Waals surface area contributed by atoms with E-state index in [0.717, 1.165) is 22.6 Å². The van der Waals surface area contributed by atoms with Crippen molar-refractivity contribution in [3.05, 3.63) is 83.7 Å². The summed E-state index contributed by atoms with van der Waals surface area (Å²) in [4.78, 5) is 0. The van der Waals surface area contributed by atoms with E-state index in [0.29, 0.717) is 32.0 Å². The molecular formula is C27H31FO3. The lowest BCUT2D eigenvalue weighted by molar-refractivity contribution is 0.0824. The summed E-state index contributed by atoms with van der Waals surface area (Å²) in [7, 11) is 0. The van der Waals surface area contributed by atoms with Crippen LogP contribution < -0.4 is 9.47 Å². The largest absolute Gasteiger partial charge is 0.494 e. The summed E-state index contributed by atoms with van der Waals surface area (Å²) in [5.74, 6) is 1.40. The zero-order valence-electron chi connectivity index (χ0n) is 18.8. The minimum Gasteiger partial charge on any atom is -0.494 e. The lowest BCUT2D eigenvalue weighted by Crippen LogP contribution is -2.24. The van der Waals surface area contributed by atoms with Crippen LogP contribution >= 0.6 is 0 Å². The Morgan fingerprint density at radius 1 is 0.774 bits per heavy atom. The van der Waals surface area contributed by atoms with Crippen molar-refractivity contribution in [3.8, 4) is 22.6 Å². The fourth-order valence-electron chi connectivity index (χ4n) is 3.46. The van der Waals surface area contributed by atoms with Crippen LogP contribution in [0.15, 0.2) is 66.7 Å². The van der Waals surface area contributed by atoms with Gasteiger partial charge in [-0.15, -0.1) is 0 Å². The maximum Gasteiger partial charge on any atom is 0.131 e. The Kier molecular flexibility index (Phi) is 7.69. The molecule has 0 N–H and O–H groups in total. The van der Waals surface area contributed by atoms with Crippen molar-refractivity contribution in [2.75, 3.05) is 19.8 Å². The van der Waals surface area contributed by atoms with Gasteiger partial charge in [-0.3, -0.25) is 0 Å². The first-order chi connectivity index (χ1) is 14.9. The Morgan fingerprint density at radius 3 is 1.94 bits per heavy atom. The molecule has 0 fully saturated rings. The molecule has 0 saturated carbocycles. The van der Waals surface area contributed by atoms with Gasteiger partial charge in [0.25, 0.3) is 0 Å². The van der Waals surface area contributed by atoms with Crippen LogP contribution in [0.1, 0.15) is 38.8 Å². The topological polar surface area (TPSA) is 27.7 Å². The quantitative estimate of drug-likeness (QED) is 0.360. The first-order valence-corrected chi connectivity index (χ1v) is 10.8. The summed E-state index contributed by atoms with van der Waals surface area (Å²) in [6, 6.07) is 20.8. The minimum absolute atomic E-state index is 0.150. The molecule has 0 saturated heterocycles. The highest BCUT2D eigenvalue weighted by atomic mass is 19.1. The van der Waals surface area contributed by atoms with Crippen molar-refractivity contribution < 1.29 is 18.6 Å². The van der Waals surface area contributed by atoms with Crippen molar-refractivity contribution in [2.24, 2.45) is 0 Å². The molecule has 0 aliphatic heterocycles. The van der Waals surface area contributed by atoms with Crippen molar-refractivity contribution in [2.45, 2.75) is 39.7 Å². The molecule has 0 atom stereocenters. The van der Waals surface area contributed by atoms with Gasteiger partial charge in [-0.25, -0.2) is 4.39 Å². The number of ether oxygens (including phenoxy) is 3. The lowest BCUT2D eigenvalue weighted by atomic mass is 9.85. The summed E-state index contributed by atoms with van der Waals surface area (Å²) in [6.07, 6.45) is 0. The Bertz CT molecular complexity index is 963. The third-order valence-electron chi connectivity index (χ3n) is 5.19. The number of rotatable bonds is 10. The van der Waals surface area contributed by atoms with E-state index < -0.39 is 0 Å². The first kappa shape index (κ1) is 22.8. The molecule has 164 valence electrons. The van der Waals surface area contributed by atoms with Crippen molar-refractivity contribution in [1.29, 1.82) is 0 Å². The molecule has 0 bridgehead atoms. The van der Waals surface area contributed by atoms with Gasteiger partial charge in [-0.2, -0.15) is 0 Å². The Hall–Kier alpha value is -2.85. The van der Waals surface area contributed by atoms with Gasteiger partial charge in [0.15, 0.2) is 0 Å². The van der Waals surface area contributed by atoms with Gasteiger partial charge in [0.05, 0.1) is 26.4 Å². The standard InChI is InChI=1S/C27H31FO3/c1-5-30-23-12-8-21(9-13-23)25-17-20(7-16-26(25)28)18-29-19-27(3,4)22-10-14-24(15-11-22)31-6-2/h7-17H,5-6,18-19H2,1-4H3. The van der Waals surface area contributed by atoms with Crippen LogP contribution in [-0.4, -0.2) is 19.8 Å². The van der Waals surface area contributed by atoms with E-state index in [1.54, 1.807) is 6.07 Å². The van der Waals surface area contributed by atoms with Crippen LogP contribution in [0.2, 0.25) is 0 Å². The predicted octanol–water partition coefficient (Wildman–Crippen LogP) is 6.78. The van der Waals surface area contributed by atoms with E-state index in [9.17, 15) is 4.39 Å². The molecule has 3 nitrogen and oxygen atoms in total. The molecule has 3 aromatic rings. The van der Waals surface area contributed by atoms with Gasteiger partial charge < -0.3 is 14.2 Å². The molecular weight excluding hydrogens is 391 g/mol. The minimum atomic E-state index is -0.248. The number of halogens is 1. The average Bonchev–Trinajstić information content (AvgIpc) is 2.76. The zero-order chi connectivity index (χ0) is 22.3. The van der Waals surface area contributed by atoms with Crippen LogP contribution in [0.4, 0.5) is 4.39 Å². The lowest BCUT2D eigenvalue weighted by Gasteiger charge is -2.25. The fraction of sp³-hybridized carbons (Fsp3) is 0.333. The van der Waals surface area contributed by atoms with E-state index in [-0.39, 0.29) is 11.2 Å². The molecule has 31 heavy (non-hydrogen) atoms. The Morgan fingerprint density at radius 2 is 1.35 bits per heavy atom. The van der Waals surface area contributed by atoms with E-state index >= 15 is 0 Å². The number of hydrogen-bond donors (Lipinski definition) is 0. The number of benzene rings is 3. The molecule has 3 aromatic carbocycles. The molecule has 0 heterocycles. The van der Waals surface area contributed by atoms with Gasteiger partial charge in [-0.05, 0) is 66.9 Å². The van der Waals surface area contributed by atoms with Crippen molar-refractivity contribution in [1.82, 2.24) is 0 Å². The highest BCUT2D eigenvalue weighted by molar-refractivity contribution is 5.65. The second-order valence-corrected chi connectivity index (χ2v) is 8.11. The molecule has 4 heteroatoms. The average molecular weight is 423 g/mol. The smallest absolute Gasteiger partial charge is 0.131 e. The van der Waals surface area contributed by atoms with Crippen molar-refractivity contribution >= 4 is 0 Å². The monoisotopic (exact) mass is 422 g/mol. The maximum absolute atomic E-state index is 14.4. The summed E-state index contributed by atoms with van der Waals surface area (Å²) < 4.78 is 31.5. The van der Waals surface area contributed by atoms with Crippen LogP contribution in [0, 0.1) is 5.82 Å². The highest BCUT2D eigenvalue weighted by Crippen LogP contribution is 2.28. The number of hydrogen-bond acceptors (Lipinski definition) is 3. The summed E-state index contributed by atoms with van der Waals surface area (Å²) in [5.41, 5.74) is 3.35. The van der Waals surface area contributed by atoms with Crippen LogP contribution in [0.5, 0.6) is 11.5 Å². The molecule has 0 radical (unpaired) electrons. The third kappa shape index (κ3) is 6.08. The van der Waals surface area contributed by atoms with E-state index in [1.807, 2.05) is 56.3 Å². The SMILES string of the molecule is CCOc1ccc(-c2cc(COCC(C)(C)c3ccc(OCC)cc3)ccc2F)cc1. The zero-order valence-corrected chi connectivity index (χ0v) is 18.8. The summed E-state index contributed by atoms with van der Waals surface area (Å²) in [6.45, 7) is 10.4. The van der Waals surface area contributed by atoms with Gasteiger partial charge in [0.1, 0.15) is 17.3 Å². The molecule has 0 amide bonds. The Balaban J connectivity index is 1.64. The van der Waals surface area contributed by atoms with Gasteiger partial charge >= 0.3 is 0 Å². The van der Waals surface area contributed by atoms with Crippen LogP contribution in [-0.2, 0) is 16.8 Å². The molecule has 0 spiro atoms. The molecule has 3 rings (SSSR count). The van der Waals surface area contributed by atoms with Crippen LogP contribution in [0.3, 0.4) is 0 Å². The Labute approximate surface area is 184 Å². The summed E-state index contributed by atoms with van der Waals surface area (Å²) in [5, 5.41) is 0. The second-order valence-electron chi connectivity index (χ2n) is 8.11. The van der Waals surface area contributed by atoms with E-state index in [4.69, 9.17) is 14.2 Å². The molecule has 0 aliphatic rings. The molecule has 0 aliphatic carbocycles. The van der Waals surface area contributed by atoms with Crippen molar-refractivity contribution in [3.63, 3.8) is 0 Å². The molecule has 0 unspecified atom stereocenters. The van der Waals surface area contributed by atoms with E-state index in [2.05, 4.69) is 26.0 Å². The van der Waals surface area contributed by atoms with Gasteiger partial charge in [-0.1, -0.05) is 44.2 Å². The molecule has 0 aromatic heterocycles. The van der Waals surface area contributed by atoms with E-state index in [1.165, 1.54) is 11.6 Å². The highest BCUT2D eigenvalue weighted by Gasteiger charge is 2.21. The first-order valence-electron chi connectivity index (χ1n) is 10.8. The summed E-state index contributed by atoms with van der Waals surface area (Å²) >= 11 is 0. The second kappa shape index (κ2) is 10.5. The maximum atomic E-state index is 14.4. The predicted molar refractivity (Wildman–Crippen MR) is 123 cm³/mol. The van der Waals surface area contributed by atoms with Gasteiger partial charge in [0, 0.05) is 11.0 Å². The van der Waals surface area contributed by atoms with Crippen LogP contribution in [0.25, 0.3) is 11.1 Å².